The zero-order valence-electron chi connectivity index (χ0n) is 23.6. The average Bonchev–Trinajstić information content (AvgIpc) is 3.00. The minimum atomic E-state index is -4.58. The molecule has 0 heterocycles. The Morgan fingerprint density at radius 3 is 1.27 bits per heavy atom. The minimum absolute atomic E-state index is 0.0504. The molecule has 4 aromatic rings. The van der Waals surface area contributed by atoms with Crippen molar-refractivity contribution in [2.75, 3.05) is 0 Å². The van der Waals surface area contributed by atoms with E-state index in [4.69, 9.17) is 0 Å². The summed E-state index contributed by atoms with van der Waals surface area (Å²) in [4.78, 5) is 0. The number of benzene rings is 4. The van der Waals surface area contributed by atoms with Crippen LogP contribution >= 0.6 is 0 Å². The Balaban J connectivity index is 1.30. The maximum atomic E-state index is 13.6. The molecule has 44 heavy (non-hydrogen) atoms. The van der Waals surface area contributed by atoms with Crippen LogP contribution in [-0.2, 0) is 25.4 Å². The fourth-order valence-electron chi connectivity index (χ4n) is 5.93. The molecular formula is C34H32F6N2O2. The monoisotopic (exact) mass is 614 g/mol. The van der Waals surface area contributed by atoms with E-state index in [0.29, 0.717) is 11.1 Å². The second-order valence-electron chi connectivity index (χ2n) is 11.0. The van der Waals surface area contributed by atoms with Crippen LogP contribution in [0, 0.1) is 0 Å². The summed E-state index contributed by atoms with van der Waals surface area (Å²) in [7, 11) is 0. The highest BCUT2D eigenvalue weighted by Crippen LogP contribution is 2.42. The number of para-hydroxylation sites is 2. The molecule has 0 bridgehead atoms. The Kier molecular flexibility index (Phi) is 9.22. The number of hydrogen-bond acceptors (Lipinski definition) is 4. The van der Waals surface area contributed by atoms with Crippen molar-refractivity contribution in [1.29, 1.82) is 0 Å². The van der Waals surface area contributed by atoms with Gasteiger partial charge in [-0.3, -0.25) is 0 Å². The lowest BCUT2D eigenvalue weighted by molar-refractivity contribution is -0.137. The van der Waals surface area contributed by atoms with Crippen LogP contribution < -0.4 is 10.6 Å². The third-order valence-electron chi connectivity index (χ3n) is 8.16. The lowest BCUT2D eigenvalue weighted by Gasteiger charge is -2.33. The number of halogens is 6. The van der Waals surface area contributed by atoms with E-state index in [1.807, 2.05) is 0 Å². The van der Waals surface area contributed by atoms with Crippen LogP contribution in [0.2, 0.25) is 0 Å². The molecule has 1 saturated carbocycles. The Hall–Kier alpha value is -4.02. The third-order valence-corrected chi connectivity index (χ3v) is 8.16. The van der Waals surface area contributed by atoms with Gasteiger partial charge in [-0.1, -0.05) is 85.6 Å². The lowest BCUT2D eigenvalue weighted by Crippen LogP contribution is -2.49. The molecule has 1 unspecified atom stereocenters. The molecule has 4 nitrogen and oxygen atoms in total. The number of phenolic OH excluding ortho intramolecular Hbond substituents is 2. The van der Waals surface area contributed by atoms with Gasteiger partial charge < -0.3 is 20.8 Å². The van der Waals surface area contributed by atoms with E-state index < -0.39 is 23.5 Å². The van der Waals surface area contributed by atoms with Crippen molar-refractivity contribution in [3.05, 3.63) is 107 Å². The van der Waals surface area contributed by atoms with E-state index >= 15 is 0 Å². The number of hydrogen-bond donors (Lipinski definition) is 4. The summed E-state index contributed by atoms with van der Waals surface area (Å²) >= 11 is 0. The summed E-state index contributed by atoms with van der Waals surface area (Å²) in [5.74, 6) is -0.448. The van der Waals surface area contributed by atoms with E-state index in [9.17, 15) is 36.6 Å². The van der Waals surface area contributed by atoms with Gasteiger partial charge in [0.1, 0.15) is 11.5 Å². The molecule has 1 aliphatic carbocycles. The predicted octanol–water partition coefficient (Wildman–Crippen LogP) is 8.66. The second kappa shape index (κ2) is 12.9. The van der Waals surface area contributed by atoms with Crippen molar-refractivity contribution < 1.29 is 36.6 Å². The first kappa shape index (κ1) is 31.4. The van der Waals surface area contributed by atoms with E-state index in [1.54, 1.807) is 24.3 Å². The molecule has 0 saturated heterocycles. The fourth-order valence-corrected chi connectivity index (χ4v) is 5.93. The maximum absolute atomic E-state index is 13.6. The molecule has 232 valence electrons. The highest BCUT2D eigenvalue weighted by atomic mass is 19.4. The maximum Gasteiger partial charge on any atom is 0.417 e. The van der Waals surface area contributed by atoms with Gasteiger partial charge in [0.2, 0.25) is 0 Å². The summed E-state index contributed by atoms with van der Waals surface area (Å²) < 4.78 is 81.8. The first-order valence-electron chi connectivity index (χ1n) is 14.4. The molecule has 0 radical (unpaired) electrons. The summed E-state index contributed by atoms with van der Waals surface area (Å²) in [6.45, 7) is 0.428. The molecule has 5 rings (SSSR count). The van der Waals surface area contributed by atoms with Crippen molar-refractivity contribution in [1.82, 2.24) is 10.6 Å². The van der Waals surface area contributed by atoms with Crippen LogP contribution in [0.3, 0.4) is 0 Å². The predicted molar refractivity (Wildman–Crippen MR) is 157 cm³/mol. The number of aromatic hydroxyl groups is 2. The normalized spacial score (nSPS) is 17.5. The van der Waals surface area contributed by atoms with Gasteiger partial charge >= 0.3 is 12.4 Å². The van der Waals surface area contributed by atoms with E-state index in [1.165, 1.54) is 48.5 Å². The molecule has 1 aliphatic rings. The summed E-state index contributed by atoms with van der Waals surface area (Å²) in [6, 6.07) is 19.6. The summed E-state index contributed by atoms with van der Waals surface area (Å²) in [5, 5.41) is 28.8. The van der Waals surface area contributed by atoms with Crippen molar-refractivity contribution in [2.45, 2.75) is 63.2 Å². The van der Waals surface area contributed by atoms with Gasteiger partial charge in [-0.25, -0.2) is 0 Å². The quantitative estimate of drug-likeness (QED) is 0.150. The molecule has 1 fully saturated rings. The molecule has 4 aromatic carbocycles. The van der Waals surface area contributed by atoms with Crippen LogP contribution in [0.15, 0.2) is 84.9 Å². The fraction of sp³-hybridized carbons (Fsp3) is 0.294. The van der Waals surface area contributed by atoms with Crippen LogP contribution in [0.25, 0.3) is 22.3 Å². The number of alkyl halides is 6. The Bertz CT molecular complexity index is 1480. The smallest absolute Gasteiger partial charge is 0.417 e. The van der Waals surface area contributed by atoms with Crippen molar-refractivity contribution in [2.24, 2.45) is 0 Å². The molecule has 2 atom stereocenters. The minimum Gasteiger partial charge on any atom is -0.507 e. The number of phenols is 2. The van der Waals surface area contributed by atoms with Gasteiger partial charge in [0, 0.05) is 47.4 Å². The standard InChI is InChI=1S/C34H32F6N2O2/c35-33(36,37)27-15-3-1-11-23(27)25-13-7-9-21(31(25)43)19-41-29-17-5-6-18-30(29)42-20-22-10-8-14-26(32(22)44)24-12-2-4-16-28(24)34(38,39)40/h1-4,7-16,29-30,41-44H,5-6,17-20H2/t29-,30?/m0/s1. The molecule has 0 aliphatic heterocycles. The molecule has 4 N–H and O–H groups in total. The highest BCUT2D eigenvalue weighted by Gasteiger charge is 2.35. The molecule has 0 amide bonds. The summed E-state index contributed by atoms with van der Waals surface area (Å²) in [5.41, 5.74) is -0.754. The van der Waals surface area contributed by atoms with E-state index in [2.05, 4.69) is 10.6 Å². The van der Waals surface area contributed by atoms with Crippen molar-refractivity contribution >= 4 is 0 Å². The zero-order chi connectivity index (χ0) is 31.5. The second-order valence-corrected chi connectivity index (χ2v) is 11.0. The average molecular weight is 615 g/mol. The Morgan fingerprint density at radius 2 is 0.886 bits per heavy atom. The Labute approximate surface area is 251 Å². The number of nitrogens with one attached hydrogen (secondary N) is 2. The Morgan fingerprint density at radius 1 is 0.523 bits per heavy atom. The zero-order valence-corrected chi connectivity index (χ0v) is 23.6. The summed E-state index contributed by atoms with van der Waals surface area (Å²) in [6.07, 6.45) is -5.63. The molecule has 10 heteroatoms. The van der Waals surface area contributed by atoms with Crippen LogP contribution in [0.1, 0.15) is 47.9 Å². The topological polar surface area (TPSA) is 64.5 Å². The largest absolute Gasteiger partial charge is 0.507 e. The van der Waals surface area contributed by atoms with Gasteiger partial charge in [0.25, 0.3) is 0 Å². The SMILES string of the molecule is Oc1c(CNC2CCCC[C@@H]2NCc2cccc(-c3ccccc3C(F)(F)F)c2O)cccc1-c1ccccc1C(F)(F)F. The van der Waals surface area contributed by atoms with E-state index in [0.717, 1.165) is 37.8 Å². The van der Waals surface area contributed by atoms with Gasteiger partial charge in [-0.15, -0.1) is 0 Å². The van der Waals surface area contributed by atoms with Gasteiger partial charge in [-0.05, 0) is 36.1 Å². The van der Waals surface area contributed by atoms with Gasteiger partial charge in [-0.2, -0.15) is 26.3 Å². The first-order valence-corrected chi connectivity index (χ1v) is 14.4. The molecule has 0 spiro atoms. The lowest BCUT2D eigenvalue weighted by atomic mass is 9.89. The van der Waals surface area contributed by atoms with Crippen molar-refractivity contribution in [3.8, 4) is 33.8 Å². The third kappa shape index (κ3) is 6.87. The van der Waals surface area contributed by atoms with Gasteiger partial charge in [0.15, 0.2) is 0 Å². The molecule has 0 aromatic heterocycles. The van der Waals surface area contributed by atoms with Crippen molar-refractivity contribution in [3.63, 3.8) is 0 Å². The van der Waals surface area contributed by atoms with Gasteiger partial charge in [0.05, 0.1) is 11.1 Å². The van der Waals surface area contributed by atoms with E-state index in [-0.39, 0.29) is 58.9 Å². The van der Waals surface area contributed by atoms with Crippen LogP contribution in [0.5, 0.6) is 11.5 Å². The first-order chi connectivity index (χ1) is 20.9. The van der Waals surface area contributed by atoms with Crippen LogP contribution in [-0.4, -0.2) is 22.3 Å². The van der Waals surface area contributed by atoms with Crippen LogP contribution in [0.4, 0.5) is 26.3 Å². The number of rotatable bonds is 8. The molecular weight excluding hydrogens is 582 g/mol. The highest BCUT2D eigenvalue weighted by molar-refractivity contribution is 5.76.